The van der Waals surface area contributed by atoms with Crippen LogP contribution in [0.15, 0.2) is 59.7 Å². The molecule has 3 aromatic rings. The van der Waals surface area contributed by atoms with Crippen LogP contribution in [0.1, 0.15) is 36.3 Å². The summed E-state index contributed by atoms with van der Waals surface area (Å²) in [6.07, 6.45) is 4.39. The largest absolute Gasteiger partial charge is 0.352 e. The van der Waals surface area contributed by atoms with Crippen molar-refractivity contribution in [3.63, 3.8) is 0 Å². The lowest BCUT2D eigenvalue weighted by atomic mass is 9.97. The summed E-state index contributed by atoms with van der Waals surface area (Å²) in [5, 5.41) is 3.92. The van der Waals surface area contributed by atoms with Gasteiger partial charge in [-0.15, -0.1) is 0 Å². The van der Waals surface area contributed by atoms with E-state index in [1.807, 2.05) is 24.3 Å². The molecule has 4 rings (SSSR count). The molecule has 0 saturated heterocycles. The summed E-state index contributed by atoms with van der Waals surface area (Å²) in [6, 6.07) is 14.2. The summed E-state index contributed by atoms with van der Waals surface area (Å²) < 4.78 is 14.6. The molecule has 5 nitrogen and oxygen atoms in total. The van der Waals surface area contributed by atoms with Crippen molar-refractivity contribution in [1.82, 2.24) is 14.5 Å². The number of benzene rings is 2. The van der Waals surface area contributed by atoms with Gasteiger partial charge in [0.25, 0.3) is 0 Å². The molecule has 0 unspecified atom stereocenters. The Morgan fingerprint density at radius 2 is 1.86 bits per heavy atom. The number of nitrogens with zero attached hydrogens (tertiary/aromatic N) is 3. The summed E-state index contributed by atoms with van der Waals surface area (Å²) >= 11 is 5.89. The van der Waals surface area contributed by atoms with Crippen LogP contribution in [0.4, 0.5) is 10.3 Å². The predicted octanol–water partition coefficient (Wildman–Crippen LogP) is 4.23. The van der Waals surface area contributed by atoms with Gasteiger partial charge in [-0.3, -0.25) is 4.57 Å². The Labute approximate surface area is 167 Å². The molecule has 1 aromatic heterocycles. The Bertz CT molecular complexity index is 1000. The van der Waals surface area contributed by atoms with E-state index < -0.39 is 0 Å². The molecular formula is C21H20ClFN4O. The quantitative estimate of drug-likeness (QED) is 0.698. The number of hydrogen-bond donors (Lipinski definition) is 1. The lowest BCUT2D eigenvalue weighted by Crippen LogP contribution is -2.27. The third-order valence-electron chi connectivity index (χ3n) is 5.14. The van der Waals surface area contributed by atoms with Crippen molar-refractivity contribution in [2.24, 2.45) is 0 Å². The maximum Gasteiger partial charge on any atom is 0.352 e. The van der Waals surface area contributed by atoms with E-state index in [-0.39, 0.29) is 17.5 Å². The van der Waals surface area contributed by atoms with Gasteiger partial charge in [0, 0.05) is 11.1 Å². The Morgan fingerprint density at radius 1 is 1.11 bits per heavy atom. The van der Waals surface area contributed by atoms with Crippen molar-refractivity contribution in [3.8, 4) is 0 Å². The lowest BCUT2D eigenvalue weighted by Gasteiger charge is -2.14. The number of rotatable bonds is 5. The molecule has 1 N–H and O–H groups in total. The summed E-state index contributed by atoms with van der Waals surface area (Å²) in [7, 11) is 0. The Hall–Kier alpha value is -2.73. The van der Waals surface area contributed by atoms with Crippen LogP contribution in [-0.4, -0.2) is 20.6 Å². The van der Waals surface area contributed by atoms with Gasteiger partial charge in [-0.1, -0.05) is 35.9 Å². The van der Waals surface area contributed by atoms with Gasteiger partial charge in [0.05, 0.1) is 6.54 Å². The second kappa shape index (κ2) is 8.10. The Balaban J connectivity index is 1.39. The van der Waals surface area contributed by atoms with Crippen LogP contribution in [-0.2, 0) is 6.54 Å². The fourth-order valence-corrected chi connectivity index (χ4v) is 3.78. The average molecular weight is 399 g/mol. The molecule has 0 radical (unpaired) electrons. The van der Waals surface area contributed by atoms with Gasteiger partial charge in [-0.05, 0) is 60.6 Å². The van der Waals surface area contributed by atoms with Crippen LogP contribution < -0.4 is 11.0 Å². The first-order valence-corrected chi connectivity index (χ1v) is 9.64. The third-order valence-corrected chi connectivity index (χ3v) is 5.39. The van der Waals surface area contributed by atoms with E-state index in [0.717, 1.165) is 30.4 Å². The zero-order valence-electron chi connectivity index (χ0n) is 15.2. The molecule has 144 valence electrons. The zero-order valence-corrected chi connectivity index (χ0v) is 15.9. The molecule has 0 spiro atoms. The molecule has 2 aromatic carbocycles. The van der Waals surface area contributed by atoms with Crippen molar-refractivity contribution >= 4 is 17.5 Å². The smallest absolute Gasteiger partial charge is 0.351 e. The fourth-order valence-electron chi connectivity index (χ4n) is 3.65. The number of halogens is 2. The second-order valence-corrected chi connectivity index (χ2v) is 7.56. The number of nitrogens with one attached hydrogen (secondary N) is 1. The van der Waals surface area contributed by atoms with E-state index in [9.17, 15) is 9.18 Å². The van der Waals surface area contributed by atoms with Crippen molar-refractivity contribution in [3.05, 3.63) is 87.3 Å². The van der Waals surface area contributed by atoms with Crippen LogP contribution >= 0.6 is 11.6 Å². The number of anilines is 1. The molecular weight excluding hydrogens is 379 g/mol. The molecule has 7 heteroatoms. The van der Waals surface area contributed by atoms with E-state index in [1.165, 1.54) is 23.0 Å². The van der Waals surface area contributed by atoms with Crippen LogP contribution in [0.5, 0.6) is 0 Å². The van der Waals surface area contributed by atoms with E-state index in [0.29, 0.717) is 23.4 Å². The lowest BCUT2D eigenvalue weighted by molar-refractivity contribution is 0.624. The van der Waals surface area contributed by atoms with Crippen molar-refractivity contribution in [2.75, 3.05) is 5.32 Å². The molecule has 1 aliphatic carbocycles. The third kappa shape index (κ3) is 4.39. The van der Waals surface area contributed by atoms with E-state index in [2.05, 4.69) is 15.3 Å². The monoisotopic (exact) mass is 398 g/mol. The molecule has 1 saturated carbocycles. The minimum absolute atomic E-state index is 0.196. The number of hydrogen-bond acceptors (Lipinski definition) is 4. The summed E-state index contributed by atoms with van der Waals surface area (Å²) in [5.74, 6) is 0.509. The molecule has 1 aliphatic rings. The molecule has 2 atom stereocenters. The van der Waals surface area contributed by atoms with Gasteiger partial charge in [0.15, 0.2) is 0 Å². The highest BCUT2D eigenvalue weighted by atomic mass is 35.5. The first-order chi connectivity index (χ1) is 13.6. The van der Waals surface area contributed by atoms with Gasteiger partial charge in [0.1, 0.15) is 12.1 Å². The highest BCUT2D eigenvalue weighted by molar-refractivity contribution is 6.30. The van der Waals surface area contributed by atoms with Crippen molar-refractivity contribution in [2.45, 2.75) is 37.8 Å². The highest BCUT2D eigenvalue weighted by Crippen LogP contribution is 2.35. The van der Waals surface area contributed by atoms with Gasteiger partial charge in [-0.25, -0.2) is 14.2 Å². The van der Waals surface area contributed by atoms with Gasteiger partial charge in [0.2, 0.25) is 5.95 Å². The number of aromatic nitrogens is 3. The first-order valence-electron chi connectivity index (χ1n) is 9.27. The maximum absolute atomic E-state index is 13.1. The topological polar surface area (TPSA) is 59.8 Å². The fraction of sp³-hybridized carbons (Fsp3) is 0.286. The maximum atomic E-state index is 13.1. The summed E-state index contributed by atoms with van der Waals surface area (Å²) in [5.41, 5.74) is 1.75. The van der Waals surface area contributed by atoms with Crippen LogP contribution in [0, 0.1) is 5.82 Å². The minimum atomic E-state index is -0.347. The second-order valence-electron chi connectivity index (χ2n) is 7.12. The van der Waals surface area contributed by atoms with E-state index in [1.54, 1.807) is 12.1 Å². The van der Waals surface area contributed by atoms with Crippen LogP contribution in [0.25, 0.3) is 0 Å². The first kappa shape index (κ1) is 18.6. The average Bonchev–Trinajstić information content (AvgIpc) is 3.15. The van der Waals surface area contributed by atoms with Crippen molar-refractivity contribution < 1.29 is 4.39 Å². The van der Waals surface area contributed by atoms with Gasteiger partial charge >= 0.3 is 5.69 Å². The SMILES string of the molecule is O=c1nc(N[C@@H]2CC[C@@H](c3ccc(F)cc3)C2)ncn1Cc1ccc(Cl)cc1. The molecule has 1 fully saturated rings. The highest BCUT2D eigenvalue weighted by Gasteiger charge is 2.26. The normalized spacial score (nSPS) is 18.9. The van der Waals surface area contributed by atoms with Gasteiger partial charge in [-0.2, -0.15) is 4.98 Å². The minimum Gasteiger partial charge on any atom is -0.351 e. The summed E-state index contributed by atoms with van der Waals surface area (Å²) in [6.45, 7) is 0.395. The molecule has 0 aliphatic heterocycles. The molecule has 1 heterocycles. The predicted molar refractivity (Wildman–Crippen MR) is 107 cm³/mol. The van der Waals surface area contributed by atoms with Gasteiger partial charge < -0.3 is 5.32 Å². The standard InChI is InChI=1S/C21H20ClFN4O/c22-17-6-1-14(2-7-17)12-27-13-24-20(26-21(27)28)25-19-10-5-16(11-19)15-3-8-18(23)9-4-15/h1-4,6-9,13,16,19H,5,10-12H2,(H,25,26,28)/t16-,19-/m1/s1. The molecule has 28 heavy (non-hydrogen) atoms. The molecule has 0 amide bonds. The van der Waals surface area contributed by atoms with Crippen molar-refractivity contribution in [1.29, 1.82) is 0 Å². The Morgan fingerprint density at radius 3 is 2.57 bits per heavy atom. The van der Waals surface area contributed by atoms with E-state index >= 15 is 0 Å². The molecule has 0 bridgehead atoms. The zero-order chi connectivity index (χ0) is 19.5. The Kier molecular flexibility index (Phi) is 5.39. The van der Waals surface area contributed by atoms with Crippen LogP contribution in [0.3, 0.4) is 0 Å². The summed E-state index contributed by atoms with van der Waals surface area (Å²) in [4.78, 5) is 20.7. The van der Waals surface area contributed by atoms with E-state index in [4.69, 9.17) is 11.6 Å². The van der Waals surface area contributed by atoms with Crippen LogP contribution in [0.2, 0.25) is 5.02 Å².